The average molecular weight is 1560 g/mol. The van der Waals surface area contributed by atoms with E-state index in [0.717, 1.165) is 5.56 Å². The highest BCUT2D eigenvalue weighted by Crippen LogP contribution is 2.23. The number of para-hydroxylation sites is 2. The molecule has 0 bridgehead atoms. The number of aliphatic hydroxyl groups is 1. The smallest absolute Gasteiger partial charge is 0.326 e. The lowest BCUT2D eigenvalue weighted by Gasteiger charge is -2.29. The predicted octanol–water partition coefficient (Wildman–Crippen LogP) is -0.639. The molecule has 0 spiro atoms. The van der Waals surface area contributed by atoms with E-state index in [0.29, 0.717) is 51.3 Å². The molecular weight excluding hydrogens is 1450 g/mol. The van der Waals surface area contributed by atoms with Crippen molar-refractivity contribution in [3.8, 4) is 5.75 Å². The highest BCUT2D eigenvalue weighted by Gasteiger charge is 2.38. The molecule has 4 aromatic carbocycles. The van der Waals surface area contributed by atoms with Gasteiger partial charge in [-0.05, 0) is 130 Å². The average Bonchev–Trinajstić information content (AvgIpc) is 1.65. The van der Waals surface area contributed by atoms with Crippen LogP contribution in [-0.4, -0.2) is 205 Å². The van der Waals surface area contributed by atoms with Gasteiger partial charge in [0, 0.05) is 66.4 Å². The predicted molar refractivity (Wildman–Crippen MR) is 414 cm³/mol. The molecule has 11 amide bonds. The molecule has 0 radical (unpaired) electrons. The number of carboxylic acid groups (broad SMARTS) is 2. The van der Waals surface area contributed by atoms with E-state index in [2.05, 4.69) is 73.8 Å². The second-order valence-corrected chi connectivity index (χ2v) is 28.3. The van der Waals surface area contributed by atoms with Crippen molar-refractivity contribution in [1.29, 1.82) is 5.41 Å². The number of fused-ring (bicyclic) bond motifs is 2. The summed E-state index contributed by atoms with van der Waals surface area (Å²) in [6.07, 6.45) is 2.05. The van der Waals surface area contributed by atoms with Crippen molar-refractivity contribution in [1.82, 2.24) is 73.8 Å². The van der Waals surface area contributed by atoms with Crippen LogP contribution in [0.15, 0.2) is 116 Å². The number of hydrogen-bond donors (Lipinski definition) is 22. The molecule has 6 rings (SSSR count). The Balaban J connectivity index is 1.25. The van der Waals surface area contributed by atoms with Crippen LogP contribution in [0.3, 0.4) is 0 Å². The number of carbonyl (C=O) groups is 13. The largest absolute Gasteiger partial charge is 0.508 e. The van der Waals surface area contributed by atoms with Gasteiger partial charge in [-0.15, -0.1) is 0 Å². The number of aliphatic carboxylic acids is 2. The molecule has 12 atom stereocenters. The van der Waals surface area contributed by atoms with E-state index in [1.807, 2.05) is 6.07 Å². The van der Waals surface area contributed by atoms with Gasteiger partial charge in [-0.25, -0.2) is 4.79 Å². The summed E-state index contributed by atoms with van der Waals surface area (Å²) in [4.78, 5) is 188. The van der Waals surface area contributed by atoms with Crippen LogP contribution < -0.4 is 81.0 Å². The molecule has 2 aromatic heterocycles. The molecule has 2 heterocycles. The fourth-order valence-corrected chi connectivity index (χ4v) is 12.2. The number of unbranched alkanes of at least 4 members (excludes halogenated alkanes) is 1. The number of rotatable bonds is 46. The quantitative estimate of drug-likeness (QED) is 0.0128. The van der Waals surface area contributed by atoms with Crippen LogP contribution in [0.1, 0.15) is 115 Å². The normalized spacial score (nSPS) is 14.5. The Labute approximate surface area is 647 Å². The van der Waals surface area contributed by atoms with Crippen molar-refractivity contribution >= 4 is 105 Å². The molecule has 0 fully saturated rings. The summed E-state index contributed by atoms with van der Waals surface area (Å²) in [6, 6.07) is 11.1. The van der Waals surface area contributed by atoms with Gasteiger partial charge in [-0.1, -0.05) is 107 Å². The number of carbonyl (C=O) groups excluding carboxylic acids is 11. The van der Waals surface area contributed by atoms with E-state index in [1.54, 1.807) is 113 Å². The standard InChI is InChI=1S/C77H106N18O17/c1-41(2)33-58(90-72(107)59(35-46-25-27-49(97)28-26-46)91-68(103)55(23-14-15-31-78)87-65(100)43(5)85-67(102)52(79)34-45-17-8-7-9-18-45)71(106)93-61(37-48-39-84-54-22-13-11-20-51(48)54)73(108)88-56(29-30-63(98)99)69(104)92-60(36-47-38-83-53-21-12-10-19-50(47)53)70(105)86-44(6)66(101)94-62(40-96)74(109)95-64(42(3)4)75(110)89-57(76(111)112)24-16-32-82-77(80)81/h7-13,17-22,25-28,38-39,41-44,52,55-62,64,83-84,96-97H,14-16,23-24,29-37,40,78-79H2,1-6H3,(H,85,102)(H,86,105)(H,87,100)(H,88,108)(H,89,110)(H,90,107)(H,91,103)(H,92,104)(H,93,106)(H,94,101)(H,95,109)(H,98,99)(H,111,112)(H4,80,81,82)/t43-,44-,52-,55-,56-,57-,58-,59-,60-,61-,62-,64-/m0/s1. The van der Waals surface area contributed by atoms with Crippen molar-refractivity contribution in [2.24, 2.45) is 29.0 Å². The molecule has 35 nitrogen and oxygen atoms in total. The fourth-order valence-electron chi connectivity index (χ4n) is 12.2. The van der Waals surface area contributed by atoms with Gasteiger partial charge in [0.25, 0.3) is 0 Å². The number of aromatic hydroxyl groups is 1. The van der Waals surface area contributed by atoms with Gasteiger partial charge in [0.2, 0.25) is 65.0 Å². The fraction of sp³-hybridized carbons (Fsp3) is 0.455. The first-order valence-corrected chi connectivity index (χ1v) is 37.1. The topological polar surface area (TPSA) is 581 Å². The zero-order valence-electron chi connectivity index (χ0n) is 63.5. The molecule has 0 saturated heterocycles. The maximum absolute atomic E-state index is 15.2. The Morgan fingerprint density at radius 3 is 1.38 bits per heavy atom. The lowest BCUT2D eigenvalue weighted by molar-refractivity contribution is -0.143. The van der Waals surface area contributed by atoms with Crippen LogP contribution in [0.5, 0.6) is 5.75 Å². The number of phenols is 1. The Hall–Kier alpha value is -12.0. The zero-order valence-corrected chi connectivity index (χ0v) is 63.5. The van der Waals surface area contributed by atoms with Crippen LogP contribution in [0.2, 0.25) is 0 Å². The second-order valence-electron chi connectivity index (χ2n) is 28.3. The van der Waals surface area contributed by atoms with Crippen LogP contribution in [0, 0.1) is 17.2 Å². The molecule has 0 unspecified atom stereocenters. The summed E-state index contributed by atoms with van der Waals surface area (Å²) in [6.45, 7) is 8.60. The van der Waals surface area contributed by atoms with E-state index in [9.17, 15) is 73.2 Å². The number of aromatic nitrogens is 2. The number of phenolic OH excluding ortho intramolecular Hbond substituents is 1. The molecule has 606 valence electrons. The van der Waals surface area contributed by atoms with E-state index >= 15 is 9.59 Å². The van der Waals surface area contributed by atoms with E-state index in [1.165, 1.54) is 38.1 Å². The van der Waals surface area contributed by atoms with Crippen LogP contribution in [0.25, 0.3) is 21.8 Å². The number of hydrogen-bond acceptors (Lipinski definition) is 18. The van der Waals surface area contributed by atoms with Gasteiger partial charge in [0.05, 0.1) is 12.6 Å². The number of nitrogens with two attached hydrogens (primary N) is 3. The number of guanidine groups is 1. The maximum Gasteiger partial charge on any atom is 0.326 e. The van der Waals surface area contributed by atoms with Gasteiger partial charge in [0.1, 0.15) is 72.2 Å². The highest BCUT2D eigenvalue weighted by molar-refractivity contribution is 6.00. The number of H-pyrrole nitrogens is 2. The minimum absolute atomic E-state index is 0.0340. The lowest BCUT2D eigenvalue weighted by atomic mass is 9.99. The van der Waals surface area contributed by atoms with Gasteiger partial charge < -0.3 is 111 Å². The van der Waals surface area contributed by atoms with Gasteiger partial charge in [-0.3, -0.25) is 62.9 Å². The minimum atomic E-state index is -1.78. The van der Waals surface area contributed by atoms with Crippen LogP contribution in [-0.2, 0) is 88.0 Å². The summed E-state index contributed by atoms with van der Waals surface area (Å²) in [5, 5.41) is 80.0. The van der Waals surface area contributed by atoms with Gasteiger partial charge in [-0.2, -0.15) is 0 Å². The molecule has 25 N–H and O–H groups in total. The monoisotopic (exact) mass is 1550 g/mol. The Morgan fingerprint density at radius 2 is 0.875 bits per heavy atom. The zero-order chi connectivity index (χ0) is 82.3. The first kappa shape index (κ1) is 88.9. The van der Waals surface area contributed by atoms with Crippen LogP contribution >= 0.6 is 0 Å². The van der Waals surface area contributed by atoms with Crippen molar-refractivity contribution in [3.05, 3.63) is 138 Å². The highest BCUT2D eigenvalue weighted by atomic mass is 16.4. The van der Waals surface area contributed by atoms with E-state index < -0.39 is 175 Å². The summed E-state index contributed by atoms with van der Waals surface area (Å²) in [5.41, 5.74) is 20.8. The first-order chi connectivity index (χ1) is 53.2. The number of aromatic amines is 2. The van der Waals surface area contributed by atoms with E-state index in [-0.39, 0.29) is 82.1 Å². The number of benzene rings is 4. The van der Waals surface area contributed by atoms with Crippen molar-refractivity contribution < 1.29 is 82.8 Å². The minimum Gasteiger partial charge on any atom is -0.508 e. The second kappa shape index (κ2) is 44.0. The molecule has 0 aliphatic rings. The number of aliphatic hydroxyl groups excluding tert-OH is 1. The summed E-state index contributed by atoms with van der Waals surface area (Å²) < 4.78 is 0. The molecule has 0 aliphatic carbocycles. The van der Waals surface area contributed by atoms with Crippen molar-refractivity contribution in [3.63, 3.8) is 0 Å². The first-order valence-electron chi connectivity index (χ1n) is 37.1. The lowest BCUT2D eigenvalue weighted by Crippen LogP contribution is -2.61. The summed E-state index contributed by atoms with van der Waals surface area (Å²) in [7, 11) is 0. The maximum atomic E-state index is 15.2. The summed E-state index contributed by atoms with van der Waals surface area (Å²) >= 11 is 0. The van der Waals surface area contributed by atoms with Crippen LogP contribution in [0.4, 0.5) is 0 Å². The van der Waals surface area contributed by atoms with Crippen molar-refractivity contribution in [2.45, 2.75) is 191 Å². The third kappa shape index (κ3) is 28.2. The van der Waals surface area contributed by atoms with Gasteiger partial charge in [0.15, 0.2) is 5.96 Å². The Kier molecular flexibility index (Phi) is 34.9. The number of nitrogens with one attached hydrogen (secondary N) is 15. The Morgan fingerprint density at radius 1 is 0.446 bits per heavy atom. The molecule has 0 saturated carbocycles. The summed E-state index contributed by atoms with van der Waals surface area (Å²) in [5.74, 6) is -14.4. The number of carboxylic acids is 2. The molecule has 6 aromatic rings. The SMILES string of the molecule is CC(C)C[C@H](NC(=O)[C@H](Cc1ccc(O)cc1)NC(=O)[C@H](CCCCN)NC(=O)[C@H](C)NC(=O)[C@@H](N)Cc1ccccc1)C(=O)N[C@@H](Cc1c[nH]c2ccccc12)C(=O)N[C@@H](CCC(=O)O)C(=O)N[C@@H](Cc1c[nH]c2ccccc12)C(=O)N[C@@H](C)C(=O)N[C@@H](CO)C(=O)N[C@H](C(=O)N[C@@H](CCCNC(=N)N)C(=O)O)C(C)C. The third-order valence-corrected chi connectivity index (χ3v) is 18.5. The molecule has 35 heteroatoms. The van der Waals surface area contributed by atoms with E-state index in [4.69, 9.17) is 22.6 Å². The molecular formula is C77H106N18O17. The third-order valence-electron chi connectivity index (χ3n) is 18.5. The van der Waals surface area contributed by atoms with Crippen molar-refractivity contribution in [2.75, 3.05) is 19.7 Å². The molecule has 0 aliphatic heterocycles. The molecule has 112 heavy (non-hydrogen) atoms. The number of amides is 11. The van der Waals surface area contributed by atoms with Gasteiger partial charge >= 0.3 is 11.9 Å². The Bertz CT molecular complexity index is 4230.